The maximum absolute atomic E-state index is 13.6. The molecule has 244 valence electrons. The van der Waals surface area contributed by atoms with Gasteiger partial charge in [-0.3, -0.25) is 14.5 Å². The van der Waals surface area contributed by atoms with Gasteiger partial charge in [-0.2, -0.15) is 0 Å². The van der Waals surface area contributed by atoms with E-state index in [4.69, 9.17) is 0 Å². The van der Waals surface area contributed by atoms with E-state index in [-0.39, 0.29) is 41.7 Å². The summed E-state index contributed by atoms with van der Waals surface area (Å²) in [5.41, 5.74) is 1.18. The van der Waals surface area contributed by atoms with Gasteiger partial charge >= 0.3 is 6.03 Å². The lowest BCUT2D eigenvalue weighted by Gasteiger charge is -2.29. The quantitative estimate of drug-likeness (QED) is 0.361. The molecule has 2 fully saturated rings. The number of benzene rings is 1. The first-order valence-electron chi connectivity index (χ1n) is 15.9. The summed E-state index contributed by atoms with van der Waals surface area (Å²) in [5.74, 6) is 6.09. The number of hydrogen-bond donors (Lipinski definition) is 3. The van der Waals surface area contributed by atoms with E-state index in [0.29, 0.717) is 39.1 Å². The van der Waals surface area contributed by atoms with Gasteiger partial charge in [-0.05, 0) is 63.6 Å². The smallest absolute Gasteiger partial charge is 0.318 e. The van der Waals surface area contributed by atoms with Crippen LogP contribution in [0.25, 0.3) is 0 Å². The van der Waals surface area contributed by atoms with E-state index in [1.54, 1.807) is 4.90 Å². The first-order valence-corrected chi connectivity index (χ1v) is 17.7. The molecule has 3 N–H and O–H groups in total. The molecule has 3 rings (SSSR count). The Morgan fingerprint density at radius 3 is 2.05 bits per heavy atom. The Labute approximate surface area is 264 Å². The second-order valence-corrected chi connectivity index (χ2v) is 15.8. The maximum atomic E-state index is 13.6. The molecule has 0 aromatic heterocycles. The summed E-state index contributed by atoms with van der Waals surface area (Å²) in [4.78, 5) is 43.9. The minimum atomic E-state index is -2.92. The molecule has 2 heterocycles. The Kier molecular flexibility index (Phi) is 13.1. The molecular weight excluding hydrogens is 578 g/mol. The van der Waals surface area contributed by atoms with E-state index in [0.717, 1.165) is 36.8 Å². The summed E-state index contributed by atoms with van der Waals surface area (Å²) >= 11 is 0. The predicted octanol–water partition coefficient (Wildman–Crippen LogP) is 2.71. The zero-order chi connectivity index (χ0) is 32.3. The van der Waals surface area contributed by atoms with Crippen LogP contribution in [0.15, 0.2) is 24.3 Å². The van der Waals surface area contributed by atoms with E-state index in [1.807, 2.05) is 63.8 Å². The van der Waals surface area contributed by atoms with Gasteiger partial charge in [0.2, 0.25) is 11.8 Å². The van der Waals surface area contributed by atoms with Crippen molar-refractivity contribution in [2.24, 2.45) is 5.92 Å². The fraction of sp³-hybridized carbons (Fsp3) is 0.667. The molecule has 2 aliphatic rings. The van der Waals surface area contributed by atoms with Gasteiger partial charge in [-0.1, -0.05) is 50.7 Å². The normalized spacial score (nSPS) is 18.7. The number of rotatable bonds is 9. The largest absolute Gasteiger partial charge is 0.350 e. The number of hydrogen-bond acceptors (Lipinski definition) is 6. The van der Waals surface area contributed by atoms with Gasteiger partial charge in [0, 0.05) is 43.7 Å². The lowest BCUT2D eigenvalue weighted by atomic mass is 9.99. The summed E-state index contributed by atoms with van der Waals surface area (Å²) in [7, 11) is -2.92. The van der Waals surface area contributed by atoms with Crippen LogP contribution in [0.3, 0.4) is 0 Å². The van der Waals surface area contributed by atoms with Gasteiger partial charge in [0.25, 0.3) is 0 Å². The highest BCUT2D eigenvalue weighted by molar-refractivity contribution is 7.91. The number of likely N-dealkylation sites (tertiary alicyclic amines) is 1. The Hall–Kier alpha value is -3.10. The van der Waals surface area contributed by atoms with Crippen LogP contribution in [0.5, 0.6) is 0 Å². The number of nitrogens with one attached hydrogen (secondary N) is 3. The van der Waals surface area contributed by atoms with Crippen molar-refractivity contribution >= 4 is 27.7 Å². The third-order valence-electron chi connectivity index (χ3n) is 7.71. The second kappa shape index (κ2) is 16.3. The molecular formula is C33H51N5O5S. The summed E-state index contributed by atoms with van der Waals surface area (Å²) in [5, 5.41) is 8.88. The van der Waals surface area contributed by atoms with E-state index < -0.39 is 27.5 Å². The van der Waals surface area contributed by atoms with Gasteiger partial charge in [0.15, 0.2) is 9.84 Å². The third-order valence-corrected chi connectivity index (χ3v) is 9.32. The van der Waals surface area contributed by atoms with Crippen LogP contribution in [-0.2, 0) is 25.8 Å². The molecule has 0 radical (unpaired) electrons. The molecule has 2 unspecified atom stereocenters. The van der Waals surface area contributed by atoms with Gasteiger partial charge in [-0.25, -0.2) is 13.2 Å². The molecule has 44 heavy (non-hydrogen) atoms. The van der Waals surface area contributed by atoms with E-state index in [1.165, 1.54) is 0 Å². The highest BCUT2D eigenvalue weighted by atomic mass is 32.2. The van der Waals surface area contributed by atoms with Crippen molar-refractivity contribution in [3.05, 3.63) is 35.4 Å². The van der Waals surface area contributed by atoms with E-state index >= 15 is 0 Å². The minimum Gasteiger partial charge on any atom is -0.350 e. The van der Waals surface area contributed by atoms with Gasteiger partial charge < -0.3 is 20.9 Å². The first-order chi connectivity index (χ1) is 20.7. The number of urea groups is 1. The molecule has 2 saturated heterocycles. The van der Waals surface area contributed by atoms with Gasteiger partial charge in [0.1, 0.15) is 12.1 Å². The molecule has 0 spiro atoms. The fourth-order valence-corrected chi connectivity index (χ4v) is 6.55. The predicted molar refractivity (Wildman–Crippen MR) is 174 cm³/mol. The van der Waals surface area contributed by atoms with Crippen LogP contribution in [0, 0.1) is 17.8 Å². The average Bonchev–Trinajstić information content (AvgIpc) is 3.23. The molecule has 10 nitrogen and oxygen atoms in total. The Balaban J connectivity index is 1.68. The number of carbonyl (C=O) groups is 3. The molecule has 2 aliphatic heterocycles. The second-order valence-electron chi connectivity index (χ2n) is 13.5. The molecule has 2 atom stereocenters. The molecule has 0 bridgehead atoms. The number of carbonyl (C=O) groups excluding carboxylic acids is 3. The van der Waals surface area contributed by atoms with Crippen LogP contribution >= 0.6 is 0 Å². The molecule has 11 heteroatoms. The topological polar surface area (TPSA) is 128 Å². The Morgan fingerprint density at radius 1 is 0.864 bits per heavy atom. The van der Waals surface area contributed by atoms with Gasteiger partial charge in [-0.15, -0.1) is 0 Å². The standard InChI is InChI=1S/C33H51N5O5S/c1-25(2)23-28(35-32(41)38-17-8-6-7-9-18-38)30(39)34-29(31(40)36-33(3,4)5)24-27-14-12-26(13-15-27)11-10-16-37-19-21-44(42,43)22-20-37/h12-15,25,28-29H,6-9,16-24H2,1-5H3,(H,34,39)(H,35,41)(H,36,40). The van der Waals surface area contributed by atoms with Crippen molar-refractivity contribution < 1.29 is 22.8 Å². The summed E-state index contributed by atoms with van der Waals surface area (Å²) in [6, 6.07) is 5.73. The van der Waals surface area contributed by atoms with E-state index in [9.17, 15) is 22.8 Å². The number of nitrogens with zero attached hydrogens (tertiary/aromatic N) is 2. The SMILES string of the molecule is CC(C)CC(NC(=O)N1CCCCCC1)C(=O)NC(Cc1ccc(C#CCN2CCS(=O)(=O)CC2)cc1)C(=O)NC(C)(C)C. The van der Waals surface area contributed by atoms with Crippen molar-refractivity contribution in [2.75, 3.05) is 44.2 Å². The molecule has 1 aromatic carbocycles. The van der Waals surface area contributed by atoms with E-state index in [2.05, 4.69) is 27.8 Å². The van der Waals surface area contributed by atoms with Crippen molar-refractivity contribution in [1.29, 1.82) is 0 Å². The zero-order valence-electron chi connectivity index (χ0n) is 27.1. The lowest BCUT2D eigenvalue weighted by molar-refractivity contribution is -0.130. The Bertz CT molecular complexity index is 1270. The fourth-order valence-electron chi connectivity index (χ4n) is 5.28. The summed E-state index contributed by atoms with van der Waals surface area (Å²) in [6.45, 7) is 12.6. The molecule has 1 aromatic rings. The number of sulfone groups is 1. The molecule has 0 saturated carbocycles. The van der Waals surface area contributed by atoms with Crippen molar-refractivity contribution in [3.8, 4) is 11.8 Å². The molecule has 0 aliphatic carbocycles. The monoisotopic (exact) mass is 629 g/mol. The first kappa shape index (κ1) is 35.4. The van der Waals surface area contributed by atoms with Crippen molar-refractivity contribution in [3.63, 3.8) is 0 Å². The summed E-state index contributed by atoms with van der Waals surface area (Å²) < 4.78 is 23.3. The zero-order valence-corrected chi connectivity index (χ0v) is 27.9. The van der Waals surface area contributed by atoms with Crippen molar-refractivity contribution in [2.45, 2.75) is 90.8 Å². The summed E-state index contributed by atoms with van der Waals surface area (Å²) in [6.07, 6.45) is 4.85. The van der Waals surface area contributed by atoms with Crippen LogP contribution in [0.1, 0.15) is 77.8 Å². The maximum Gasteiger partial charge on any atom is 0.318 e. The average molecular weight is 630 g/mol. The van der Waals surface area contributed by atoms with Gasteiger partial charge in [0.05, 0.1) is 18.1 Å². The molecule has 4 amide bonds. The number of amides is 4. The van der Waals surface area contributed by atoms with Crippen molar-refractivity contribution in [1.82, 2.24) is 25.8 Å². The minimum absolute atomic E-state index is 0.161. The van der Waals surface area contributed by atoms with Crippen LogP contribution in [0.2, 0.25) is 0 Å². The van der Waals surface area contributed by atoms with Crippen LogP contribution < -0.4 is 16.0 Å². The van der Waals surface area contributed by atoms with Crippen LogP contribution in [0.4, 0.5) is 4.79 Å². The lowest BCUT2D eigenvalue weighted by Crippen LogP contribution is -2.58. The van der Waals surface area contributed by atoms with Crippen LogP contribution in [-0.4, -0.2) is 97.9 Å². The highest BCUT2D eigenvalue weighted by Gasteiger charge is 2.30. The Morgan fingerprint density at radius 2 is 1.48 bits per heavy atom. The third kappa shape index (κ3) is 12.5. The highest BCUT2D eigenvalue weighted by Crippen LogP contribution is 2.13.